The van der Waals surface area contributed by atoms with E-state index in [4.69, 9.17) is 0 Å². The number of rotatable bonds is 6. The Morgan fingerprint density at radius 1 is 0.914 bits per heavy atom. The monoisotopic (exact) mass is 467 g/mol. The van der Waals surface area contributed by atoms with Gasteiger partial charge in [-0.25, -0.2) is 0 Å². The van der Waals surface area contributed by atoms with Crippen LogP contribution in [0.5, 0.6) is 5.75 Å². The minimum Gasteiger partial charge on any atom is -0.508 e. The third-order valence-electron chi connectivity index (χ3n) is 7.12. The van der Waals surface area contributed by atoms with E-state index in [1.165, 1.54) is 19.3 Å². The predicted octanol–water partition coefficient (Wildman–Crippen LogP) is 5.90. The van der Waals surface area contributed by atoms with Crippen molar-refractivity contribution >= 4 is 16.8 Å². The van der Waals surface area contributed by atoms with Crippen molar-refractivity contribution in [2.45, 2.75) is 39.3 Å². The number of aromatic hydroxyl groups is 1. The molecule has 0 radical (unpaired) electrons. The van der Waals surface area contributed by atoms with Crippen LogP contribution in [0.2, 0.25) is 0 Å². The van der Waals surface area contributed by atoms with Crippen molar-refractivity contribution in [3.63, 3.8) is 0 Å². The third-order valence-corrected chi connectivity index (χ3v) is 7.12. The van der Waals surface area contributed by atoms with Gasteiger partial charge >= 0.3 is 0 Å². The lowest BCUT2D eigenvalue weighted by atomic mass is 10.0. The summed E-state index contributed by atoms with van der Waals surface area (Å²) in [4.78, 5) is 18.2. The topological polar surface area (TPSA) is 48.7 Å². The first kappa shape index (κ1) is 23.2. The number of para-hydroxylation sites is 1. The zero-order chi connectivity index (χ0) is 24.4. The number of aromatic nitrogens is 1. The van der Waals surface area contributed by atoms with Crippen molar-refractivity contribution in [3.05, 3.63) is 95.2 Å². The Labute approximate surface area is 207 Å². The van der Waals surface area contributed by atoms with E-state index in [2.05, 4.69) is 21.6 Å². The van der Waals surface area contributed by atoms with Crippen molar-refractivity contribution in [2.75, 3.05) is 20.1 Å². The van der Waals surface area contributed by atoms with Crippen LogP contribution in [0.4, 0.5) is 0 Å². The van der Waals surface area contributed by atoms with E-state index in [0.29, 0.717) is 18.7 Å². The second kappa shape index (κ2) is 9.96. The van der Waals surface area contributed by atoms with Crippen LogP contribution < -0.4 is 0 Å². The molecule has 1 amide bonds. The van der Waals surface area contributed by atoms with Gasteiger partial charge in [-0.15, -0.1) is 0 Å². The first-order valence-corrected chi connectivity index (χ1v) is 12.5. The fourth-order valence-electron chi connectivity index (χ4n) is 5.36. The van der Waals surface area contributed by atoms with Crippen LogP contribution in [0.25, 0.3) is 16.6 Å². The molecule has 3 aromatic carbocycles. The Hall–Kier alpha value is -3.57. The van der Waals surface area contributed by atoms with E-state index in [9.17, 15) is 9.90 Å². The predicted molar refractivity (Wildman–Crippen MR) is 141 cm³/mol. The zero-order valence-electron chi connectivity index (χ0n) is 20.6. The summed E-state index contributed by atoms with van der Waals surface area (Å²) in [5, 5.41) is 11.9. The number of phenols is 1. The maximum Gasteiger partial charge on any atom is 0.256 e. The number of amides is 1. The summed E-state index contributed by atoms with van der Waals surface area (Å²) in [5.74, 6) is 0.226. The molecule has 0 aliphatic carbocycles. The smallest absolute Gasteiger partial charge is 0.256 e. The fourth-order valence-corrected chi connectivity index (χ4v) is 5.36. The average molecular weight is 468 g/mol. The van der Waals surface area contributed by atoms with Crippen LogP contribution >= 0.6 is 0 Å². The third kappa shape index (κ3) is 4.56. The van der Waals surface area contributed by atoms with Gasteiger partial charge in [0.1, 0.15) is 5.75 Å². The van der Waals surface area contributed by atoms with Crippen LogP contribution in [0.15, 0.2) is 72.8 Å². The highest BCUT2D eigenvalue weighted by Crippen LogP contribution is 2.37. The van der Waals surface area contributed by atoms with E-state index in [1.807, 2.05) is 68.6 Å². The van der Waals surface area contributed by atoms with Crippen molar-refractivity contribution in [2.24, 2.45) is 0 Å². The van der Waals surface area contributed by atoms with Gasteiger partial charge in [-0.05, 0) is 62.7 Å². The van der Waals surface area contributed by atoms with Crippen LogP contribution in [0, 0.1) is 6.92 Å². The molecule has 180 valence electrons. The molecule has 4 aromatic rings. The van der Waals surface area contributed by atoms with Gasteiger partial charge in [-0.3, -0.25) is 9.69 Å². The van der Waals surface area contributed by atoms with Gasteiger partial charge in [0.2, 0.25) is 0 Å². The number of fused-ring (bicyclic) bond motifs is 1. The molecule has 5 heteroatoms. The maximum absolute atomic E-state index is 14.0. The summed E-state index contributed by atoms with van der Waals surface area (Å²) >= 11 is 0. The molecule has 0 bridgehead atoms. The van der Waals surface area contributed by atoms with Crippen LogP contribution in [-0.4, -0.2) is 45.5 Å². The van der Waals surface area contributed by atoms with Crippen molar-refractivity contribution in [1.29, 1.82) is 0 Å². The number of hydrogen-bond donors (Lipinski definition) is 1. The van der Waals surface area contributed by atoms with Crippen molar-refractivity contribution < 1.29 is 9.90 Å². The molecule has 0 spiro atoms. The first-order valence-electron chi connectivity index (χ1n) is 12.5. The van der Waals surface area contributed by atoms with Gasteiger partial charge in [0.25, 0.3) is 5.91 Å². The molecular formula is C30H33N3O2. The van der Waals surface area contributed by atoms with E-state index < -0.39 is 0 Å². The molecule has 1 saturated heterocycles. The quantitative estimate of drug-likeness (QED) is 0.384. The highest BCUT2D eigenvalue weighted by atomic mass is 16.3. The highest BCUT2D eigenvalue weighted by molar-refractivity contribution is 6.10. The first-order chi connectivity index (χ1) is 17.0. The van der Waals surface area contributed by atoms with Gasteiger partial charge in [0, 0.05) is 42.5 Å². The highest BCUT2D eigenvalue weighted by Gasteiger charge is 2.27. The molecule has 1 aliphatic heterocycles. The lowest BCUT2D eigenvalue weighted by Crippen LogP contribution is -2.29. The number of likely N-dealkylation sites (tertiary alicyclic amines) is 1. The normalized spacial score (nSPS) is 14.3. The lowest BCUT2D eigenvalue weighted by Gasteiger charge is -2.27. The fraction of sp³-hybridized carbons (Fsp3) is 0.300. The molecule has 1 aliphatic rings. The van der Waals surface area contributed by atoms with Gasteiger partial charge < -0.3 is 14.6 Å². The molecule has 1 fully saturated rings. The maximum atomic E-state index is 14.0. The van der Waals surface area contributed by atoms with E-state index >= 15 is 0 Å². The number of carbonyl (C=O) groups excluding carboxylic acids is 1. The average Bonchev–Trinajstić information content (AvgIpc) is 3.19. The second-order valence-corrected chi connectivity index (χ2v) is 9.57. The lowest BCUT2D eigenvalue weighted by molar-refractivity contribution is 0.0786. The Balaban J connectivity index is 1.66. The number of nitrogens with zero attached hydrogens (tertiary/aromatic N) is 3. The number of benzene rings is 3. The zero-order valence-corrected chi connectivity index (χ0v) is 20.6. The molecule has 1 aromatic heterocycles. The molecule has 2 heterocycles. The van der Waals surface area contributed by atoms with E-state index in [0.717, 1.165) is 46.5 Å². The molecule has 5 nitrogen and oxygen atoms in total. The molecule has 0 saturated carbocycles. The van der Waals surface area contributed by atoms with Gasteiger partial charge in [-0.1, -0.05) is 55.0 Å². The minimum absolute atomic E-state index is 0.0310. The molecule has 0 atom stereocenters. The Morgan fingerprint density at radius 3 is 2.26 bits per heavy atom. The molecule has 5 rings (SSSR count). The summed E-state index contributed by atoms with van der Waals surface area (Å²) < 4.78 is 2.15. The molecule has 0 unspecified atom stereocenters. The Bertz CT molecular complexity index is 1320. The van der Waals surface area contributed by atoms with Gasteiger partial charge in [0.15, 0.2) is 0 Å². The van der Waals surface area contributed by atoms with E-state index in [-0.39, 0.29) is 11.7 Å². The number of hydrogen-bond acceptors (Lipinski definition) is 3. The van der Waals surface area contributed by atoms with Crippen LogP contribution in [0.1, 0.15) is 46.4 Å². The number of piperidine rings is 1. The summed E-state index contributed by atoms with van der Waals surface area (Å²) in [7, 11) is 1.85. The van der Waals surface area contributed by atoms with Crippen LogP contribution in [-0.2, 0) is 13.1 Å². The SMILES string of the molecule is Cc1c(C(=O)N(C)Cc2ccccc2)c2c(CN3CCCCC3)c(O)ccc2n1-c1ccccc1. The molecular weight excluding hydrogens is 434 g/mol. The number of phenolic OH excluding ortho intramolecular Hbond substituents is 1. The standard InChI is InChI=1S/C30H33N3O2/c1-22-28(30(35)31(2)20-23-12-6-3-7-13-23)29-25(21-32-18-10-5-11-19-32)27(34)17-16-26(29)33(22)24-14-8-4-9-15-24/h3-4,6-9,12-17,34H,5,10-11,18-21H2,1-2H3. The summed E-state index contributed by atoms with van der Waals surface area (Å²) in [6, 6.07) is 23.9. The van der Waals surface area contributed by atoms with Gasteiger partial charge in [0.05, 0.1) is 11.1 Å². The van der Waals surface area contributed by atoms with Crippen molar-refractivity contribution in [1.82, 2.24) is 14.4 Å². The van der Waals surface area contributed by atoms with E-state index in [1.54, 1.807) is 11.0 Å². The molecule has 1 N–H and O–H groups in total. The largest absolute Gasteiger partial charge is 0.508 e. The summed E-state index contributed by atoms with van der Waals surface area (Å²) in [6.07, 6.45) is 3.60. The molecule has 35 heavy (non-hydrogen) atoms. The summed E-state index contributed by atoms with van der Waals surface area (Å²) in [6.45, 7) is 5.22. The number of carbonyl (C=O) groups is 1. The second-order valence-electron chi connectivity index (χ2n) is 9.57. The van der Waals surface area contributed by atoms with Crippen molar-refractivity contribution in [3.8, 4) is 11.4 Å². The summed E-state index contributed by atoms with van der Waals surface area (Å²) in [5.41, 5.74) is 5.46. The minimum atomic E-state index is -0.0310. The Kier molecular flexibility index (Phi) is 6.60. The van der Waals surface area contributed by atoms with Gasteiger partial charge in [-0.2, -0.15) is 0 Å². The Morgan fingerprint density at radius 2 is 1.57 bits per heavy atom. The van der Waals surface area contributed by atoms with Crippen LogP contribution in [0.3, 0.4) is 0 Å².